The van der Waals surface area contributed by atoms with Gasteiger partial charge in [0, 0.05) is 6.04 Å². The molecule has 0 aliphatic carbocycles. The Bertz CT molecular complexity index is 418. The largest absolute Gasteiger partial charge is 0.444 e. The highest BCUT2D eigenvalue weighted by atomic mass is 16.6. The van der Waals surface area contributed by atoms with Gasteiger partial charge in [0.1, 0.15) is 5.60 Å². The van der Waals surface area contributed by atoms with E-state index < -0.39 is 5.60 Å². The highest BCUT2D eigenvalue weighted by molar-refractivity contribution is 5.67. The van der Waals surface area contributed by atoms with Crippen molar-refractivity contribution < 1.29 is 9.53 Å². The van der Waals surface area contributed by atoms with Gasteiger partial charge < -0.3 is 10.1 Å². The van der Waals surface area contributed by atoms with Gasteiger partial charge in [-0.1, -0.05) is 29.8 Å². The predicted octanol–water partition coefficient (Wildman–Crippen LogP) is 4.23. The molecule has 1 aromatic rings. The molecule has 1 atom stereocenters. The average Bonchev–Trinajstić information content (AvgIpc) is 2.29. The number of amides is 1. The Morgan fingerprint density at radius 1 is 1.25 bits per heavy atom. The summed E-state index contributed by atoms with van der Waals surface area (Å²) in [5.74, 6) is 0. The molecule has 0 heterocycles. The fourth-order valence-electron chi connectivity index (χ4n) is 1.95. The lowest BCUT2D eigenvalue weighted by molar-refractivity contribution is 0.0506. The first-order chi connectivity index (χ1) is 9.26. The first kappa shape index (κ1) is 16.5. The van der Waals surface area contributed by atoms with Crippen LogP contribution in [0.25, 0.3) is 0 Å². The molecule has 1 aromatic carbocycles. The molecule has 0 aromatic heterocycles. The molecule has 3 heteroatoms. The van der Waals surface area contributed by atoms with Crippen molar-refractivity contribution >= 4 is 6.09 Å². The van der Waals surface area contributed by atoms with E-state index in [1.54, 1.807) is 0 Å². The van der Waals surface area contributed by atoms with Crippen molar-refractivity contribution in [3.8, 4) is 0 Å². The van der Waals surface area contributed by atoms with E-state index in [1.165, 1.54) is 11.1 Å². The summed E-state index contributed by atoms with van der Waals surface area (Å²) in [4.78, 5) is 11.6. The third kappa shape index (κ3) is 7.17. The second-order valence-corrected chi connectivity index (χ2v) is 6.43. The van der Waals surface area contributed by atoms with Gasteiger partial charge in [-0.15, -0.1) is 0 Å². The maximum atomic E-state index is 11.6. The van der Waals surface area contributed by atoms with Crippen LogP contribution in [0.4, 0.5) is 4.79 Å². The zero-order valence-electron chi connectivity index (χ0n) is 13.3. The third-order valence-electron chi connectivity index (χ3n) is 2.99. The van der Waals surface area contributed by atoms with Gasteiger partial charge in [-0.05, 0) is 59.4 Å². The summed E-state index contributed by atoms with van der Waals surface area (Å²) >= 11 is 0. The molecule has 1 amide bonds. The molecule has 20 heavy (non-hydrogen) atoms. The Hall–Kier alpha value is -1.51. The van der Waals surface area contributed by atoms with E-state index in [1.807, 2.05) is 27.7 Å². The predicted molar refractivity (Wildman–Crippen MR) is 82.9 cm³/mol. The lowest BCUT2D eigenvalue weighted by atomic mass is 10.0. The molecule has 0 saturated heterocycles. The number of aryl methyl sites for hydroxylation is 2. The molecular formula is C17H27NO2. The number of benzene rings is 1. The number of alkyl carbamates (subject to hydrolysis) is 1. The molecule has 0 bridgehead atoms. The summed E-state index contributed by atoms with van der Waals surface area (Å²) in [6.45, 7) is 9.72. The van der Waals surface area contributed by atoms with Crippen LogP contribution in [-0.4, -0.2) is 17.7 Å². The van der Waals surface area contributed by atoms with Crippen LogP contribution in [0.5, 0.6) is 0 Å². The SMILES string of the molecule is Cc1ccc(CCCC(C)NC(=O)OC(C)(C)C)cc1. The minimum Gasteiger partial charge on any atom is -0.444 e. The van der Waals surface area contributed by atoms with Crippen molar-refractivity contribution in [2.45, 2.75) is 65.5 Å². The molecule has 0 fully saturated rings. The molecule has 1 rings (SSSR count). The van der Waals surface area contributed by atoms with Gasteiger partial charge in [0.15, 0.2) is 0 Å². The minimum atomic E-state index is -0.439. The fourth-order valence-corrected chi connectivity index (χ4v) is 1.95. The van der Waals surface area contributed by atoms with E-state index in [0.717, 1.165) is 19.3 Å². The molecule has 1 unspecified atom stereocenters. The van der Waals surface area contributed by atoms with Crippen LogP contribution in [0.2, 0.25) is 0 Å². The molecule has 0 aliphatic rings. The van der Waals surface area contributed by atoms with Crippen molar-refractivity contribution in [3.63, 3.8) is 0 Å². The number of carbonyl (C=O) groups is 1. The van der Waals surface area contributed by atoms with Crippen molar-refractivity contribution in [2.75, 3.05) is 0 Å². The molecule has 1 N–H and O–H groups in total. The monoisotopic (exact) mass is 277 g/mol. The first-order valence-corrected chi connectivity index (χ1v) is 7.31. The number of carbonyl (C=O) groups excluding carboxylic acids is 1. The van der Waals surface area contributed by atoms with E-state index >= 15 is 0 Å². The molecular weight excluding hydrogens is 250 g/mol. The molecule has 112 valence electrons. The number of nitrogens with one attached hydrogen (secondary N) is 1. The Balaban J connectivity index is 2.24. The fraction of sp³-hybridized carbons (Fsp3) is 0.588. The van der Waals surface area contributed by atoms with E-state index in [9.17, 15) is 4.79 Å². The van der Waals surface area contributed by atoms with Gasteiger partial charge in [0.05, 0.1) is 0 Å². The number of ether oxygens (including phenoxy) is 1. The number of hydrogen-bond acceptors (Lipinski definition) is 2. The van der Waals surface area contributed by atoms with Crippen LogP contribution in [0, 0.1) is 6.92 Å². The van der Waals surface area contributed by atoms with Crippen molar-refractivity contribution in [2.24, 2.45) is 0 Å². The van der Waals surface area contributed by atoms with E-state index in [0.29, 0.717) is 0 Å². The Kier molecular flexibility index (Phi) is 6.05. The van der Waals surface area contributed by atoms with Crippen molar-refractivity contribution in [1.29, 1.82) is 0 Å². The maximum Gasteiger partial charge on any atom is 0.407 e. The summed E-state index contributed by atoms with van der Waals surface area (Å²) in [5, 5.41) is 2.87. The van der Waals surface area contributed by atoms with Gasteiger partial charge in [0.2, 0.25) is 0 Å². The van der Waals surface area contributed by atoms with Gasteiger partial charge in [-0.2, -0.15) is 0 Å². The zero-order valence-corrected chi connectivity index (χ0v) is 13.3. The highest BCUT2D eigenvalue weighted by Gasteiger charge is 2.17. The van der Waals surface area contributed by atoms with E-state index in [4.69, 9.17) is 4.74 Å². The van der Waals surface area contributed by atoms with Gasteiger partial charge >= 0.3 is 6.09 Å². The van der Waals surface area contributed by atoms with E-state index in [-0.39, 0.29) is 12.1 Å². The summed E-state index contributed by atoms with van der Waals surface area (Å²) in [6, 6.07) is 8.74. The zero-order chi connectivity index (χ0) is 15.2. The van der Waals surface area contributed by atoms with Crippen LogP contribution in [-0.2, 0) is 11.2 Å². The number of hydrogen-bond donors (Lipinski definition) is 1. The van der Waals surface area contributed by atoms with Crippen LogP contribution >= 0.6 is 0 Å². The average molecular weight is 277 g/mol. The normalized spacial score (nSPS) is 12.8. The summed E-state index contributed by atoms with van der Waals surface area (Å²) in [7, 11) is 0. The van der Waals surface area contributed by atoms with Crippen molar-refractivity contribution in [1.82, 2.24) is 5.32 Å². The van der Waals surface area contributed by atoms with Crippen LogP contribution in [0.3, 0.4) is 0 Å². The van der Waals surface area contributed by atoms with Crippen molar-refractivity contribution in [3.05, 3.63) is 35.4 Å². The molecule has 0 spiro atoms. The molecule has 0 aliphatic heterocycles. The quantitative estimate of drug-likeness (QED) is 0.874. The van der Waals surface area contributed by atoms with Crippen LogP contribution in [0.15, 0.2) is 24.3 Å². The molecule has 3 nitrogen and oxygen atoms in total. The topological polar surface area (TPSA) is 38.3 Å². The van der Waals surface area contributed by atoms with Crippen LogP contribution in [0.1, 0.15) is 51.7 Å². The maximum absolute atomic E-state index is 11.6. The third-order valence-corrected chi connectivity index (χ3v) is 2.99. The van der Waals surface area contributed by atoms with Gasteiger partial charge in [-0.3, -0.25) is 0 Å². The lowest BCUT2D eigenvalue weighted by Crippen LogP contribution is -2.37. The van der Waals surface area contributed by atoms with E-state index in [2.05, 4.69) is 36.5 Å². The minimum absolute atomic E-state index is 0.135. The standard InChI is InChI=1S/C17H27NO2/c1-13-9-11-15(12-10-13)8-6-7-14(2)18-16(19)20-17(3,4)5/h9-12,14H,6-8H2,1-5H3,(H,18,19). The van der Waals surface area contributed by atoms with Gasteiger partial charge in [0.25, 0.3) is 0 Å². The Morgan fingerprint density at radius 3 is 2.40 bits per heavy atom. The molecule has 0 radical (unpaired) electrons. The Labute approximate surface area is 122 Å². The Morgan fingerprint density at radius 2 is 1.85 bits per heavy atom. The summed E-state index contributed by atoms with van der Waals surface area (Å²) in [6.07, 6.45) is 2.72. The first-order valence-electron chi connectivity index (χ1n) is 7.31. The summed E-state index contributed by atoms with van der Waals surface area (Å²) < 4.78 is 5.24. The second-order valence-electron chi connectivity index (χ2n) is 6.43. The smallest absolute Gasteiger partial charge is 0.407 e. The van der Waals surface area contributed by atoms with Crippen LogP contribution < -0.4 is 5.32 Å². The summed E-state index contributed by atoms with van der Waals surface area (Å²) in [5.41, 5.74) is 2.19. The lowest BCUT2D eigenvalue weighted by Gasteiger charge is -2.22. The molecule has 0 saturated carbocycles. The highest BCUT2D eigenvalue weighted by Crippen LogP contribution is 2.10. The second kappa shape index (κ2) is 7.32. The van der Waals surface area contributed by atoms with Gasteiger partial charge in [-0.25, -0.2) is 4.79 Å². The number of rotatable bonds is 5.